The van der Waals surface area contributed by atoms with Crippen molar-refractivity contribution in [3.8, 4) is 33.7 Å². The zero-order valence-electron chi connectivity index (χ0n) is 14.7. The van der Waals surface area contributed by atoms with E-state index in [4.69, 9.17) is 9.40 Å². The van der Waals surface area contributed by atoms with Crippen molar-refractivity contribution in [1.82, 2.24) is 4.98 Å². The Morgan fingerprint density at radius 3 is 2.04 bits per heavy atom. The molecule has 0 bridgehead atoms. The number of pyridine rings is 1. The number of hydrogen-bond donors (Lipinski definition) is 0. The lowest BCUT2D eigenvalue weighted by Gasteiger charge is -2.13. The lowest BCUT2D eigenvalue weighted by molar-refractivity contribution is 0.629. The largest absolute Gasteiger partial charge is 0.454 e. The second-order valence-corrected chi connectivity index (χ2v) is 6.46. The second-order valence-electron chi connectivity index (χ2n) is 6.46. The Morgan fingerprint density at radius 2 is 1.30 bits per heavy atom. The first-order valence-electron chi connectivity index (χ1n) is 8.99. The van der Waals surface area contributed by atoms with E-state index in [0.717, 1.165) is 44.7 Å². The van der Waals surface area contributed by atoms with Crippen molar-refractivity contribution in [3.63, 3.8) is 0 Å². The van der Waals surface area contributed by atoms with Crippen LogP contribution in [-0.4, -0.2) is 4.98 Å². The first-order chi connectivity index (χ1) is 13.4. The third-order valence-electron chi connectivity index (χ3n) is 4.76. The van der Waals surface area contributed by atoms with Gasteiger partial charge in [0.15, 0.2) is 5.76 Å². The predicted octanol–water partition coefficient (Wildman–Crippen LogP) is 6.83. The van der Waals surface area contributed by atoms with E-state index in [1.165, 1.54) is 0 Å². The third kappa shape index (κ3) is 2.81. The average molecular weight is 347 g/mol. The van der Waals surface area contributed by atoms with E-state index in [1.807, 2.05) is 36.5 Å². The fraction of sp³-hybridized carbons (Fsp3) is 0. The first-order valence-corrected chi connectivity index (χ1v) is 8.99. The maximum Gasteiger partial charge on any atom is 0.154 e. The van der Waals surface area contributed by atoms with Crippen molar-refractivity contribution in [2.45, 2.75) is 0 Å². The molecular formula is C25H17NO. The molecule has 0 radical (unpaired) electrons. The molecule has 2 aromatic heterocycles. The minimum Gasteiger partial charge on any atom is -0.454 e. The Bertz CT molecular complexity index is 1170. The van der Waals surface area contributed by atoms with Crippen LogP contribution in [-0.2, 0) is 0 Å². The molecule has 3 aromatic carbocycles. The standard InChI is InChI=1S/C25H17NO/c1-3-9-18(10-4-1)21-15-16-26-25(24(21)19-11-5-2-6-12-19)23-17-20-13-7-8-14-22(20)27-23/h1-17H. The number of hydrogen-bond acceptors (Lipinski definition) is 2. The summed E-state index contributed by atoms with van der Waals surface area (Å²) in [5.74, 6) is 0.785. The van der Waals surface area contributed by atoms with Crippen LogP contribution in [0.5, 0.6) is 0 Å². The molecule has 0 saturated heterocycles. The summed E-state index contributed by atoms with van der Waals surface area (Å²) in [6.07, 6.45) is 1.86. The molecule has 0 aliphatic carbocycles. The van der Waals surface area contributed by atoms with Crippen LogP contribution in [0.15, 0.2) is 108 Å². The van der Waals surface area contributed by atoms with Crippen molar-refractivity contribution in [2.24, 2.45) is 0 Å². The Balaban J connectivity index is 1.81. The van der Waals surface area contributed by atoms with E-state index in [9.17, 15) is 0 Å². The molecule has 0 aliphatic rings. The topological polar surface area (TPSA) is 26.0 Å². The highest BCUT2D eigenvalue weighted by Gasteiger charge is 2.17. The fourth-order valence-corrected chi connectivity index (χ4v) is 3.50. The minimum atomic E-state index is 0.785. The normalized spacial score (nSPS) is 11.0. The van der Waals surface area contributed by atoms with E-state index in [1.54, 1.807) is 0 Å². The molecule has 128 valence electrons. The van der Waals surface area contributed by atoms with Crippen LogP contribution in [0, 0.1) is 0 Å². The van der Waals surface area contributed by atoms with Gasteiger partial charge in [0, 0.05) is 17.1 Å². The maximum atomic E-state index is 6.14. The summed E-state index contributed by atoms with van der Waals surface area (Å²) in [6, 6.07) is 33.0. The van der Waals surface area contributed by atoms with Crippen LogP contribution in [0.4, 0.5) is 0 Å². The van der Waals surface area contributed by atoms with Gasteiger partial charge in [0.05, 0.1) is 0 Å². The molecule has 0 N–H and O–H groups in total. The number of furan rings is 1. The summed E-state index contributed by atoms with van der Waals surface area (Å²) in [4.78, 5) is 4.71. The number of nitrogens with zero attached hydrogens (tertiary/aromatic N) is 1. The van der Waals surface area contributed by atoms with Gasteiger partial charge in [-0.1, -0.05) is 78.9 Å². The lowest BCUT2D eigenvalue weighted by atomic mass is 9.93. The molecule has 2 nitrogen and oxygen atoms in total. The zero-order chi connectivity index (χ0) is 18.1. The summed E-state index contributed by atoms with van der Waals surface area (Å²) < 4.78 is 6.14. The van der Waals surface area contributed by atoms with E-state index in [-0.39, 0.29) is 0 Å². The second kappa shape index (κ2) is 6.58. The molecule has 27 heavy (non-hydrogen) atoms. The van der Waals surface area contributed by atoms with Crippen LogP contribution >= 0.6 is 0 Å². The third-order valence-corrected chi connectivity index (χ3v) is 4.76. The summed E-state index contributed by atoms with van der Waals surface area (Å²) in [5.41, 5.74) is 6.25. The monoisotopic (exact) mass is 347 g/mol. The molecule has 0 fully saturated rings. The van der Waals surface area contributed by atoms with E-state index in [0.29, 0.717) is 0 Å². The van der Waals surface area contributed by atoms with Gasteiger partial charge in [-0.15, -0.1) is 0 Å². The highest BCUT2D eigenvalue weighted by atomic mass is 16.3. The van der Waals surface area contributed by atoms with Crippen molar-refractivity contribution in [3.05, 3.63) is 103 Å². The Hall–Kier alpha value is -3.65. The molecule has 2 heterocycles. The van der Waals surface area contributed by atoms with Gasteiger partial charge in [-0.25, -0.2) is 0 Å². The number of aromatic nitrogens is 1. The molecule has 5 rings (SSSR count). The van der Waals surface area contributed by atoms with Crippen LogP contribution < -0.4 is 0 Å². The van der Waals surface area contributed by atoms with Crippen LogP contribution in [0.1, 0.15) is 0 Å². The number of fused-ring (bicyclic) bond motifs is 1. The average Bonchev–Trinajstić information content (AvgIpc) is 3.19. The van der Waals surface area contributed by atoms with E-state index >= 15 is 0 Å². The molecule has 0 spiro atoms. The SMILES string of the molecule is c1ccc(-c2ccnc(-c3cc4ccccc4o3)c2-c2ccccc2)cc1. The number of rotatable bonds is 3. The smallest absolute Gasteiger partial charge is 0.154 e. The van der Waals surface area contributed by atoms with Crippen molar-refractivity contribution < 1.29 is 4.42 Å². The van der Waals surface area contributed by atoms with Gasteiger partial charge in [0.2, 0.25) is 0 Å². The van der Waals surface area contributed by atoms with Crippen molar-refractivity contribution in [1.29, 1.82) is 0 Å². The van der Waals surface area contributed by atoms with Gasteiger partial charge in [0.1, 0.15) is 11.3 Å². The Kier molecular flexibility index (Phi) is 3.80. The molecule has 0 unspecified atom stereocenters. The summed E-state index contributed by atoms with van der Waals surface area (Å²) in [5, 5.41) is 1.08. The first kappa shape index (κ1) is 15.6. The molecule has 0 aliphatic heterocycles. The van der Waals surface area contributed by atoms with Crippen LogP contribution in [0.2, 0.25) is 0 Å². The molecule has 2 heteroatoms. The summed E-state index contributed by atoms with van der Waals surface area (Å²) >= 11 is 0. The van der Waals surface area contributed by atoms with Gasteiger partial charge < -0.3 is 4.42 Å². The predicted molar refractivity (Wildman–Crippen MR) is 110 cm³/mol. The van der Waals surface area contributed by atoms with Gasteiger partial charge in [-0.3, -0.25) is 4.98 Å². The Labute approximate surface area is 157 Å². The number of para-hydroxylation sites is 1. The summed E-state index contributed by atoms with van der Waals surface area (Å²) in [6.45, 7) is 0. The molecule has 5 aromatic rings. The Morgan fingerprint density at radius 1 is 0.630 bits per heavy atom. The van der Waals surface area contributed by atoms with Crippen LogP contribution in [0.3, 0.4) is 0 Å². The van der Waals surface area contributed by atoms with Crippen molar-refractivity contribution >= 4 is 11.0 Å². The van der Waals surface area contributed by atoms with Gasteiger partial charge in [-0.05, 0) is 34.9 Å². The molecule has 0 amide bonds. The quantitative estimate of drug-likeness (QED) is 0.357. The van der Waals surface area contributed by atoms with E-state index in [2.05, 4.69) is 66.7 Å². The van der Waals surface area contributed by atoms with E-state index < -0.39 is 0 Å². The minimum absolute atomic E-state index is 0.785. The number of benzene rings is 3. The molecule has 0 saturated carbocycles. The lowest BCUT2D eigenvalue weighted by Crippen LogP contribution is -1.92. The highest BCUT2D eigenvalue weighted by Crippen LogP contribution is 2.40. The van der Waals surface area contributed by atoms with Crippen molar-refractivity contribution in [2.75, 3.05) is 0 Å². The van der Waals surface area contributed by atoms with Gasteiger partial charge in [-0.2, -0.15) is 0 Å². The summed E-state index contributed by atoms with van der Waals surface area (Å²) in [7, 11) is 0. The highest BCUT2D eigenvalue weighted by molar-refractivity contribution is 5.93. The molecular weight excluding hydrogens is 330 g/mol. The zero-order valence-corrected chi connectivity index (χ0v) is 14.7. The fourth-order valence-electron chi connectivity index (χ4n) is 3.50. The van der Waals surface area contributed by atoms with Gasteiger partial charge in [0.25, 0.3) is 0 Å². The van der Waals surface area contributed by atoms with Crippen LogP contribution in [0.25, 0.3) is 44.7 Å². The molecule has 0 atom stereocenters. The maximum absolute atomic E-state index is 6.14. The van der Waals surface area contributed by atoms with Gasteiger partial charge >= 0.3 is 0 Å².